The van der Waals surface area contributed by atoms with E-state index in [9.17, 15) is 0 Å². The third-order valence-corrected chi connectivity index (χ3v) is 1.11. The summed E-state index contributed by atoms with van der Waals surface area (Å²) in [7, 11) is 0. The zero-order valence-electron chi connectivity index (χ0n) is 5.84. The van der Waals surface area contributed by atoms with Crippen molar-refractivity contribution in [3.63, 3.8) is 0 Å². The van der Waals surface area contributed by atoms with Crippen LogP contribution in [-0.2, 0) is 4.74 Å². The number of rotatable bonds is 5. The highest BCUT2D eigenvalue weighted by molar-refractivity contribution is 4.65. The van der Waals surface area contributed by atoms with Crippen LogP contribution in [0.3, 0.4) is 0 Å². The lowest BCUT2D eigenvalue weighted by molar-refractivity contribution is 0.0265. The Kier molecular flexibility index (Phi) is 5.57. The highest BCUT2D eigenvalue weighted by Crippen LogP contribution is 1.95. The maximum absolute atomic E-state index is 8.59. The fourth-order valence-corrected chi connectivity index (χ4v) is 0.504. The molecule has 0 radical (unpaired) electrons. The molecule has 54 valence electrons. The molecule has 2 nitrogen and oxygen atoms in total. The predicted octanol–water partition coefficient (Wildman–Crippen LogP) is 0.960. The molecule has 0 fully saturated rings. The highest BCUT2D eigenvalue weighted by atomic mass is 16.5. The Morgan fingerprint density at radius 3 is 2.78 bits per heavy atom. The molecule has 1 unspecified atom stereocenters. The average Bonchev–Trinajstić information content (AvgIpc) is 1.91. The molecule has 0 aromatic rings. The molecule has 2 heteroatoms. The Bertz CT molecular complexity index is 67.3. The van der Waals surface area contributed by atoms with Crippen LogP contribution in [0.15, 0.2) is 12.7 Å². The van der Waals surface area contributed by atoms with Crippen LogP contribution in [0.5, 0.6) is 0 Å². The van der Waals surface area contributed by atoms with E-state index < -0.39 is 0 Å². The van der Waals surface area contributed by atoms with Gasteiger partial charge in [-0.05, 0) is 6.42 Å². The molecule has 0 aromatic carbocycles. The molecule has 0 rings (SSSR count). The molecule has 0 aliphatic heterocycles. The van der Waals surface area contributed by atoms with Crippen LogP contribution in [-0.4, -0.2) is 24.4 Å². The molecule has 0 saturated carbocycles. The van der Waals surface area contributed by atoms with Crippen LogP contribution in [0.25, 0.3) is 0 Å². The van der Waals surface area contributed by atoms with E-state index in [4.69, 9.17) is 9.84 Å². The molecule has 0 bridgehead atoms. The molecular formula is C7H14O2. The Balaban J connectivity index is 3.19. The largest absolute Gasteiger partial charge is 0.394 e. The van der Waals surface area contributed by atoms with E-state index in [1.54, 1.807) is 6.08 Å². The molecule has 0 aliphatic carbocycles. The molecular weight excluding hydrogens is 116 g/mol. The highest BCUT2D eigenvalue weighted by Gasteiger charge is 2.00. The van der Waals surface area contributed by atoms with Crippen molar-refractivity contribution < 1.29 is 9.84 Å². The van der Waals surface area contributed by atoms with Gasteiger partial charge in [0.25, 0.3) is 0 Å². The topological polar surface area (TPSA) is 29.5 Å². The molecule has 0 saturated heterocycles. The monoisotopic (exact) mass is 130 g/mol. The summed E-state index contributed by atoms with van der Waals surface area (Å²) in [5.41, 5.74) is 0. The van der Waals surface area contributed by atoms with Crippen molar-refractivity contribution in [2.45, 2.75) is 19.4 Å². The molecule has 0 spiro atoms. The third-order valence-electron chi connectivity index (χ3n) is 1.11. The van der Waals surface area contributed by atoms with Crippen LogP contribution < -0.4 is 0 Å². The van der Waals surface area contributed by atoms with Crippen molar-refractivity contribution in [2.75, 3.05) is 13.2 Å². The molecule has 1 N–H and O–H groups in total. The second-order valence-corrected chi connectivity index (χ2v) is 1.83. The van der Waals surface area contributed by atoms with Crippen LogP contribution >= 0.6 is 0 Å². The number of hydrogen-bond acceptors (Lipinski definition) is 2. The lowest BCUT2D eigenvalue weighted by Crippen LogP contribution is -2.16. The van der Waals surface area contributed by atoms with Gasteiger partial charge in [-0.15, -0.1) is 6.58 Å². The first-order valence-electron chi connectivity index (χ1n) is 3.18. The number of aliphatic hydroxyl groups is 1. The second-order valence-electron chi connectivity index (χ2n) is 1.83. The Labute approximate surface area is 56.1 Å². The van der Waals surface area contributed by atoms with Gasteiger partial charge in [-0.3, -0.25) is 0 Å². The Morgan fingerprint density at radius 2 is 2.44 bits per heavy atom. The van der Waals surface area contributed by atoms with Crippen LogP contribution in [0, 0.1) is 0 Å². The van der Waals surface area contributed by atoms with Crippen molar-refractivity contribution in [1.29, 1.82) is 0 Å². The molecule has 0 aliphatic rings. The van der Waals surface area contributed by atoms with Gasteiger partial charge in [-0.2, -0.15) is 0 Å². The molecule has 9 heavy (non-hydrogen) atoms. The molecule has 1 atom stereocenters. The number of aliphatic hydroxyl groups excluding tert-OH is 1. The van der Waals surface area contributed by atoms with Gasteiger partial charge in [0.05, 0.1) is 19.3 Å². The van der Waals surface area contributed by atoms with Gasteiger partial charge >= 0.3 is 0 Å². The summed E-state index contributed by atoms with van der Waals surface area (Å²) >= 11 is 0. The summed E-state index contributed by atoms with van der Waals surface area (Å²) in [5.74, 6) is 0. The van der Waals surface area contributed by atoms with Crippen molar-refractivity contribution in [3.05, 3.63) is 12.7 Å². The Hall–Kier alpha value is -0.340. The normalized spacial score (nSPS) is 13.1. The first-order chi connectivity index (χ1) is 4.35. The fraction of sp³-hybridized carbons (Fsp3) is 0.714. The van der Waals surface area contributed by atoms with Gasteiger partial charge < -0.3 is 9.84 Å². The van der Waals surface area contributed by atoms with Gasteiger partial charge in [-0.1, -0.05) is 13.0 Å². The summed E-state index contributed by atoms with van der Waals surface area (Å²) in [6.07, 6.45) is 2.52. The van der Waals surface area contributed by atoms with Crippen LogP contribution in [0.2, 0.25) is 0 Å². The van der Waals surface area contributed by atoms with Gasteiger partial charge in [0.2, 0.25) is 0 Å². The standard InChI is InChI=1S/C7H14O2/c1-3-5-9-7(4-2)6-8/h3,7-8H,1,4-6H2,2H3. The lowest BCUT2D eigenvalue weighted by Gasteiger charge is -2.10. The minimum Gasteiger partial charge on any atom is -0.394 e. The van der Waals surface area contributed by atoms with Crippen LogP contribution in [0.4, 0.5) is 0 Å². The fourth-order valence-electron chi connectivity index (χ4n) is 0.504. The third kappa shape index (κ3) is 4.18. The molecule has 0 aromatic heterocycles. The summed E-state index contributed by atoms with van der Waals surface area (Å²) in [4.78, 5) is 0. The quantitative estimate of drug-likeness (QED) is 0.562. The first kappa shape index (κ1) is 8.66. The van der Waals surface area contributed by atoms with E-state index in [-0.39, 0.29) is 12.7 Å². The van der Waals surface area contributed by atoms with Gasteiger partial charge in [0, 0.05) is 0 Å². The minimum atomic E-state index is -0.0111. The Morgan fingerprint density at radius 1 is 1.78 bits per heavy atom. The molecule has 0 heterocycles. The lowest BCUT2D eigenvalue weighted by atomic mass is 10.3. The predicted molar refractivity (Wildman–Crippen MR) is 37.3 cm³/mol. The summed E-state index contributed by atoms with van der Waals surface area (Å²) in [6, 6.07) is 0. The number of hydrogen-bond donors (Lipinski definition) is 1. The van der Waals surface area contributed by atoms with Crippen molar-refractivity contribution >= 4 is 0 Å². The van der Waals surface area contributed by atoms with E-state index in [0.717, 1.165) is 6.42 Å². The maximum atomic E-state index is 8.59. The van der Waals surface area contributed by atoms with Crippen molar-refractivity contribution in [3.8, 4) is 0 Å². The molecule has 0 amide bonds. The average molecular weight is 130 g/mol. The summed E-state index contributed by atoms with van der Waals surface area (Å²) < 4.78 is 5.12. The van der Waals surface area contributed by atoms with Gasteiger partial charge in [-0.25, -0.2) is 0 Å². The van der Waals surface area contributed by atoms with Crippen molar-refractivity contribution in [1.82, 2.24) is 0 Å². The second kappa shape index (κ2) is 5.79. The van der Waals surface area contributed by atoms with E-state index >= 15 is 0 Å². The van der Waals surface area contributed by atoms with E-state index in [2.05, 4.69) is 6.58 Å². The van der Waals surface area contributed by atoms with E-state index in [1.165, 1.54) is 0 Å². The maximum Gasteiger partial charge on any atom is 0.0807 e. The summed E-state index contributed by atoms with van der Waals surface area (Å²) in [5, 5.41) is 8.59. The van der Waals surface area contributed by atoms with E-state index in [0.29, 0.717) is 6.61 Å². The van der Waals surface area contributed by atoms with E-state index in [1.807, 2.05) is 6.92 Å². The SMILES string of the molecule is C=CCOC(CC)CO. The van der Waals surface area contributed by atoms with Gasteiger partial charge in [0.1, 0.15) is 0 Å². The summed E-state index contributed by atoms with van der Waals surface area (Å²) in [6.45, 7) is 6.10. The number of ether oxygens (including phenoxy) is 1. The van der Waals surface area contributed by atoms with Gasteiger partial charge in [0.15, 0.2) is 0 Å². The zero-order valence-corrected chi connectivity index (χ0v) is 5.84. The minimum absolute atomic E-state index is 0.0111. The smallest absolute Gasteiger partial charge is 0.0807 e. The first-order valence-corrected chi connectivity index (χ1v) is 3.18. The van der Waals surface area contributed by atoms with Crippen LogP contribution in [0.1, 0.15) is 13.3 Å². The van der Waals surface area contributed by atoms with Crippen molar-refractivity contribution in [2.24, 2.45) is 0 Å². The zero-order chi connectivity index (χ0) is 7.11.